The summed E-state index contributed by atoms with van der Waals surface area (Å²) in [6, 6.07) is 0. The molecule has 3 aliphatic carbocycles. The Kier molecular flexibility index (Phi) is 7.37. The molecule has 0 aromatic carbocycles. The normalized spacial score (nSPS) is 40.1. The quantitative estimate of drug-likeness (QED) is 0.514. The topological polar surface area (TPSA) is 60.7 Å². The standard InChI is InChI=1S/C27H44O3/c1-18(8-9-19(2)26(3,4)30)24-12-13-25-21(7-6-14-27(24,25)5)11-10-20-15-22(28)17-23(29)16-20/h8-11,18-19,22-25,28-30H,6-7,12-17H2,1-5H3/b9-8+,20-10?,21-11+/t18-,19+,22-,23?,24-,25+,27?/m1/s1. The van der Waals surface area contributed by atoms with Gasteiger partial charge in [0.2, 0.25) is 0 Å². The third-order valence-corrected chi connectivity index (χ3v) is 8.56. The largest absolute Gasteiger partial charge is 0.393 e. The SMILES string of the molecule is C[C@H](/C=C/[C@H](C)C(C)(C)O)[C@H]1CC[C@H]2/C(=C/C=C3CC(O)C[C@H](O)C3)CCCC12C. The first-order chi connectivity index (χ1) is 14.0. The van der Waals surface area contributed by atoms with Crippen LogP contribution >= 0.6 is 0 Å². The van der Waals surface area contributed by atoms with Gasteiger partial charge in [0.25, 0.3) is 0 Å². The van der Waals surface area contributed by atoms with Crippen LogP contribution in [-0.2, 0) is 0 Å². The lowest BCUT2D eigenvalue weighted by atomic mass is 9.61. The molecule has 3 fully saturated rings. The first kappa shape index (κ1) is 23.8. The van der Waals surface area contributed by atoms with E-state index in [2.05, 4.69) is 45.1 Å². The minimum atomic E-state index is -0.674. The molecule has 3 N–H and O–H groups in total. The number of rotatable bonds is 5. The zero-order chi connectivity index (χ0) is 22.1. The summed E-state index contributed by atoms with van der Waals surface area (Å²) >= 11 is 0. The van der Waals surface area contributed by atoms with Crippen LogP contribution < -0.4 is 0 Å². The first-order valence-corrected chi connectivity index (χ1v) is 12.2. The summed E-state index contributed by atoms with van der Waals surface area (Å²) in [5.41, 5.74) is 2.43. The predicted molar refractivity (Wildman–Crippen MR) is 124 cm³/mol. The zero-order valence-corrected chi connectivity index (χ0v) is 19.8. The lowest BCUT2D eigenvalue weighted by molar-refractivity contribution is 0.0436. The van der Waals surface area contributed by atoms with Crippen molar-refractivity contribution < 1.29 is 15.3 Å². The van der Waals surface area contributed by atoms with E-state index in [1.807, 2.05) is 13.8 Å². The van der Waals surface area contributed by atoms with E-state index in [0.29, 0.717) is 42.4 Å². The monoisotopic (exact) mass is 416 g/mol. The average molecular weight is 417 g/mol. The van der Waals surface area contributed by atoms with Gasteiger partial charge < -0.3 is 15.3 Å². The van der Waals surface area contributed by atoms with Crippen LogP contribution in [0.1, 0.15) is 86.0 Å². The van der Waals surface area contributed by atoms with Gasteiger partial charge in [0.1, 0.15) is 0 Å². The minimum absolute atomic E-state index is 0.152. The summed E-state index contributed by atoms with van der Waals surface area (Å²) in [5.74, 6) is 2.00. The molecule has 0 radical (unpaired) electrons. The van der Waals surface area contributed by atoms with Gasteiger partial charge >= 0.3 is 0 Å². The number of aliphatic hydroxyl groups is 3. The highest BCUT2D eigenvalue weighted by atomic mass is 16.3. The highest BCUT2D eigenvalue weighted by Crippen LogP contribution is 2.59. The molecule has 2 unspecified atom stereocenters. The molecule has 170 valence electrons. The first-order valence-electron chi connectivity index (χ1n) is 12.2. The Bertz CT molecular complexity index is 671. The van der Waals surface area contributed by atoms with Crippen LogP contribution in [0.5, 0.6) is 0 Å². The maximum atomic E-state index is 10.2. The molecule has 0 spiro atoms. The summed E-state index contributed by atoms with van der Waals surface area (Å²) in [6.07, 6.45) is 16.5. The molecule has 3 heteroatoms. The molecule has 0 bridgehead atoms. The maximum Gasteiger partial charge on any atom is 0.0651 e. The molecule has 3 nitrogen and oxygen atoms in total. The highest BCUT2D eigenvalue weighted by molar-refractivity contribution is 5.26. The Labute approximate surface area is 184 Å². The van der Waals surface area contributed by atoms with Gasteiger partial charge in [-0.1, -0.05) is 56.2 Å². The van der Waals surface area contributed by atoms with Crippen molar-refractivity contribution in [1.29, 1.82) is 0 Å². The third kappa shape index (κ3) is 5.29. The van der Waals surface area contributed by atoms with Crippen LogP contribution in [0.4, 0.5) is 0 Å². The van der Waals surface area contributed by atoms with Gasteiger partial charge in [-0.3, -0.25) is 0 Å². The van der Waals surface area contributed by atoms with E-state index in [-0.39, 0.29) is 5.92 Å². The van der Waals surface area contributed by atoms with Crippen LogP contribution in [-0.4, -0.2) is 33.1 Å². The molecule has 30 heavy (non-hydrogen) atoms. The van der Waals surface area contributed by atoms with E-state index in [1.165, 1.54) is 37.7 Å². The van der Waals surface area contributed by atoms with Crippen molar-refractivity contribution in [3.05, 3.63) is 35.5 Å². The van der Waals surface area contributed by atoms with Crippen LogP contribution in [0.3, 0.4) is 0 Å². The molecule has 3 saturated carbocycles. The predicted octanol–water partition coefficient (Wildman–Crippen LogP) is 5.56. The van der Waals surface area contributed by atoms with Crippen molar-refractivity contribution in [2.45, 2.75) is 104 Å². The summed E-state index contributed by atoms with van der Waals surface area (Å²) in [5, 5.41) is 30.2. The molecule has 0 aromatic rings. The van der Waals surface area contributed by atoms with E-state index < -0.39 is 17.8 Å². The minimum Gasteiger partial charge on any atom is -0.393 e. The van der Waals surface area contributed by atoms with Gasteiger partial charge in [-0.15, -0.1) is 0 Å². The van der Waals surface area contributed by atoms with Crippen molar-refractivity contribution >= 4 is 0 Å². The number of fused-ring (bicyclic) bond motifs is 1. The second-order valence-corrected chi connectivity index (χ2v) is 11.3. The van der Waals surface area contributed by atoms with E-state index >= 15 is 0 Å². The average Bonchev–Trinajstić information content (AvgIpc) is 3.00. The smallest absolute Gasteiger partial charge is 0.0651 e. The van der Waals surface area contributed by atoms with Gasteiger partial charge in [0.05, 0.1) is 17.8 Å². The molecule has 0 aliphatic heterocycles. The summed E-state index contributed by atoms with van der Waals surface area (Å²) < 4.78 is 0. The Morgan fingerprint density at radius 2 is 1.70 bits per heavy atom. The van der Waals surface area contributed by atoms with Gasteiger partial charge in [-0.25, -0.2) is 0 Å². The van der Waals surface area contributed by atoms with Crippen LogP contribution in [0.25, 0.3) is 0 Å². The van der Waals surface area contributed by atoms with Crippen LogP contribution in [0, 0.1) is 29.1 Å². The van der Waals surface area contributed by atoms with Crippen molar-refractivity contribution in [3.8, 4) is 0 Å². The molecular formula is C27H44O3. The van der Waals surface area contributed by atoms with E-state index in [0.717, 1.165) is 0 Å². The number of hydrogen-bond donors (Lipinski definition) is 3. The van der Waals surface area contributed by atoms with E-state index in [9.17, 15) is 15.3 Å². The molecule has 3 aliphatic rings. The number of allylic oxidation sites excluding steroid dienone is 4. The molecule has 0 amide bonds. The second kappa shape index (κ2) is 9.30. The Morgan fingerprint density at radius 1 is 1.03 bits per heavy atom. The molecule has 0 heterocycles. The highest BCUT2D eigenvalue weighted by Gasteiger charge is 2.50. The third-order valence-electron chi connectivity index (χ3n) is 8.56. The van der Waals surface area contributed by atoms with Gasteiger partial charge in [0.15, 0.2) is 0 Å². The number of aliphatic hydroxyl groups excluding tert-OH is 2. The van der Waals surface area contributed by atoms with Crippen molar-refractivity contribution in [2.24, 2.45) is 29.1 Å². The van der Waals surface area contributed by atoms with Gasteiger partial charge in [-0.05, 0) is 88.4 Å². The second-order valence-electron chi connectivity index (χ2n) is 11.3. The fourth-order valence-corrected chi connectivity index (χ4v) is 6.39. The number of hydrogen-bond acceptors (Lipinski definition) is 3. The van der Waals surface area contributed by atoms with Crippen molar-refractivity contribution in [3.63, 3.8) is 0 Å². The Balaban J connectivity index is 1.73. The van der Waals surface area contributed by atoms with E-state index in [4.69, 9.17) is 0 Å². The molecule has 3 rings (SSSR count). The summed E-state index contributed by atoms with van der Waals surface area (Å²) in [6.45, 7) is 10.7. The molecular weight excluding hydrogens is 372 g/mol. The van der Waals surface area contributed by atoms with Crippen molar-refractivity contribution in [2.75, 3.05) is 0 Å². The lowest BCUT2D eigenvalue weighted by Crippen LogP contribution is -2.35. The Morgan fingerprint density at radius 3 is 2.33 bits per heavy atom. The fourth-order valence-electron chi connectivity index (χ4n) is 6.39. The van der Waals surface area contributed by atoms with Crippen LogP contribution in [0.15, 0.2) is 35.5 Å². The molecule has 0 aromatic heterocycles. The van der Waals surface area contributed by atoms with Gasteiger partial charge in [-0.2, -0.15) is 0 Å². The summed E-state index contributed by atoms with van der Waals surface area (Å²) in [7, 11) is 0. The van der Waals surface area contributed by atoms with Gasteiger partial charge in [0, 0.05) is 5.92 Å². The molecule has 7 atom stereocenters. The maximum absolute atomic E-state index is 10.2. The molecule has 0 saturated heterocycles. The summed E-state index contributed by atoms with van der Waals surface area (Å²) in [4.78, 5) is 0. The lowest BCUT2D eigenvalue weighted by Gasteiger charge is -2.44. The fraction of sp³-hybridized carbons (Fsp3) is 0.778. The Hall–Kier alpha value is -0.900. The van der Waals surface area contributed by atoms with Crippen molar-refractivity contribution in [1.82, 2.24) is 0 Å². The van der Waals surface area contributed by atoms with Crippen LogP contribution in [0.2, 0.25) is 0 Å². The zero-order valence-electron chi connectivity index (χ0n) is 19.8. The van der Waals surface area contributed by atoms with E-state index in [1.54, 1.807) is 5.57 Å².